The number of hydrogen-bond donors (Lipinski definition) is 1. The summed E-state index contributed by atoms with van der Waals surface area (Å²) in [5.74, 6) is -0.654. The van der Waals surface area contributed by atoms with E-state index in [-0.39, 0.29) is 16.3 Å². The van der Waals surface area contributed by atoms with E-state index in [0.717, 1.165) is 0 Å². The zero-order chi connectivity index (χ0) is 16.3. The van der Waals surface area contributed by atoms with Gasteiger partial charge in [-0.05, 0) is 52.3 Å². The average molecular weight is 409 g/mol. The van der Waals surface area contributed by atoms with Crippen molar-refractivity contribution in [2.24, 2.45) is 0 Å². The van der Waals surface area contributed by atoms with Crippen LogP contribution in [0.3, 0.4) is 0 Å². The van der Waals surface area contributed by atoms with Crippen molar-refractivity contribution in [3.63, 3.8) is 0 Å². The summed E-state index contributed by atoms with van der Waals surface area (Å²) in [7, 11) is -5.08. The zero-order valence-corrected chi connectivity index (χ0v) is 13.9. The van der Waals surface area contributed by atoms with Crippen LogP contribution in [-0.4, -0.2) is 14.3 Å². The molecule has 0 spiro atoms. The first kappa shape index (κ1) is 16.7. The molecule has 0 fully saturated rings. The SMILES string of the molecule is O=C(Nc1ccc(OS(=O)(=O)F)cc1)c1cccc(Br)c1Cl. The highest BCUT2D eigenvalue weighted by molar-refractivity contribution is 9.10. The minimum Gasteiger partial charge on any atom is -0.358 e. The van der Waals surface area contributed by atoms with Crippen molar-refractivity contribution in [3.05, 3.63) is 57.5 Å². The lowest BCUT2D eigenvalue weighted by molar-refractivity contribution is 0.102. The Kier molecular flexibility index (Phi) is 5.05. The second-order valence-electron chi connectivity index (χ2n) is 4.06. The fraction of sp³-hybridized carbons (Fsp3) is 0. The van der Waals surface area contributed by atoms with Crippen LogP contribution in [0, 0.1) is 0 Å². The summed E-state index contributed by atoms with van der Waals surface area (Å²) in [6.45, 7) is 0. The maximum Gasteiger partial charge on any atom is 0.488 e. The minimum atomic E-state index is -5.08. The Morgan fingerprint density at radius 1 is 1.18 bits per heavy atom. The Morgan fingerprint density at radius 2 is 1.82 bits per heavy atom. The molecule has 0 aliphatic carbocycles. The second kappa shape index (κ2) is 6.64. The molecule has 0 aliphatic heterocycles. The van der Waals surface area contributed by atoms with Crippen molar-refractivity contribution < 1.29 is 21.3 Å². The van der Waals surface area contributed by atoms with Crippen LogP contribution in [0.2, 0.25) is 5.02 Å². The zero-order valence-electron chi connectivity index (χ0n) is 10.7. The highest BCUT2D eigenvalue weighted by Gasteiger charge is 2.13. The molecule has 0 heterocycles. The molecule has 22 heavy (non-hydrogen) atoms. The standard InChI is InChI=1S/C13H8BrClFNO4S/c14-11-3-1-2-10(12(11)15)13(18)17-8-4-6-9(7-5-8)21-22(16,19)20/h1-7H,(H,17,18). The number of amides is 1. The van der Waals surface area contributed by atoms with E-state index in [9.17, 15) is 17.1 Å². The first-order valence-corrected chi connectivity index (χ1v) is 8.24. The summed E-state index contributed by atoms with van der Waals surface area (Å²) in [6.07, 6.45) is 0. The van der Waals surface area contributed by atoms with E-state index < -0.39 is 16.4 Å². The van der Waals surface area contributed by atoms with Gasteiger partial charge in [0.25, 0.3) is 5.91 Å². The van der Waals surface area contributed by atoms with Crippen LogP contribution in [0.25, 0.3) is 0 Å². The van der Waals surface area contributed by atoms with Gasteiger partial charge in [-0.25, -0.2) is 0 Å². The lowest BCUT2D eigenvalue weighted by Crippen LogP contribution is -2.12. The molecule has 0 bridgehead atoms. The maximum absolute atomic E-state index is 12.4. The third-order valence-electron chi connectivity index (χ3n) is 2.50. The van der Waals surface area contributed by atoms with Crippen molar-refractivity contribution >= 4 is 49.6 Å². The van der Waals surface area contributed by atoms with Crippen molar-refractivity contribution in [1.82, 2.24) is 0 Å². The summed E-state index contributed by atoms with van der Waals surface area (Å²) in [4.78, 5) is 12.1. The van der Waals surface area contributed by atoms with Crippen molar-refractivity contribution in [2.45, 2.75) is 0 Å². The van der Waals surface area contributed by atoms with Crippen LogP contribution in [0.15, 0.2) is 46.9 Å². The van der Waals surface area contributed by atoms with Crippen molar-refractivity contribution in [3.8, 4) is 5.75 Å². The highest BCUT2D eigenvalue weighted by atomic mass is 79.9. The molecule has 1 N–H and O–H groups in total. The third kappa shape index (κ3) is 4.43. The Balaban J connectivity index is 2.14. The quantitative estimate of drug-likeness (QED) is 0.778. The summed E-state index contributed by atoms with van der Waals surface area (Å²) >= 11 is 9.23. The summed E-state index contributed by atoms with van der Waals surface area (Å²) < 4.78 is 37.7. The van der Waals surface area contributed by atoms with E-state index in [1.165, 1.54) is 24.3 Å². The van der Waals surface area contributed by atoms with E-state index in [4.69, 9.17) is 11.6 Å². The first-order chi connectivity index (χ1) is 10.3. The molecule has 116 valence electrons. The molecular formula is C13H8BrClFNO4S. The van der Waals surface area contributed by atoms with E-state index in [2.05, 4.69) is 25.4 Å². The fourth-order valence-electron chi connectivity index (χ4n) is 1.59. The molecule has 5 nitrogen and oxygen atoms in total. The predicted octanol–water partition coefficient (Wildman–Crippen LogP) is 3.95. The largest absolute Gasteiger partial charge is 0.488 e. The molecule has 1 amide bonds. The Labute approximate surface area is 139 Å². The molecule has 0 saturated heterocycles. The summed E-state index contributed by atoms with van der Waals surface area (Å²) in [6, 6.07) is 10.0. The van der Waals surface area contributed by atoms with Crippen LogP contribution in [0.4, 0.5) is 9.57 Å². The molecule has 0 aliphatic rings. The van der Waals surface area contributed by atoms with Crippen LogP contribution in [0.1, 0.15) is 10.4 Å². The Morgan fingerprint density at radius 3 is 2.41 bits per heavy atom. The maximum atomic E-state index is 12.4. The number of benzene rings is 2. The topological polar surface area (TPSA) is 72.5 Å². The molecule has 0 unspecified atom stereocenters. The van der Waals surface area contributed by atoms with Gasteiger partial charge < -0.3 is 9.50 Å². The van der Waals surface area contributed by atoms with Crippen molar-refractivity contribution in [2.75, 3.05) is 5.32 Å². The number of carbonyl (C=O) groups is 1. The second-order valence-corrected chi connectivity index (χ2v) is 6.24. The fourth-order valence-corrected chi connectivity index (χ4v) is 2.51. The van der Waals surface area contributed by atoms with Crippen LogP contribution < -0.4 is 9.50 Å². The molecule has 0 atom stereocenters. The van der Waals surface area contributed by atoms with Crippen molar-refractivity contribution in [1.29, 1.82) is 0 Å². The number of carbonyl (C=O) groups excluding carboxylic acids is 1. The van der Waals surface area contributed by atoms with E-state index in [0.29, 0.717) is 10.2 Å². The van der Waals surface area contributed by atoms with Gasteiger partial charge in [-0.2, -0.15) is 8.42 Å². The number of halogens is 3. The normalized spacial score (nSPS) is 11.0. The molecule has 2 rings (SSSR count). The monoisotopic (exact) mass is 407 g/mol. The number of nitrogens with one attached hydrogen (secondary N) is 1. The molecule has 9 heteroatoms. The van der Waals surface area contributed by atoms with Gasteiger partial charge in [0.2, 0.25) is 0 Å². The number of hydrogen-bond acceptors (Lipinski definition) is 4. The molecule has 2 aromatic carbocycles. The highest BCUT2D eigenvalue weighted by Crippen LogP contribution is 2.27. The number of rotatable bonds is 4. The Hall–Kier alpha value is -1.64. The molecule has 0 aromatic heterocycles. The summed E-state index contributed by atoms with van der Waals surface area (Å²) in [5, 5.41) is 2.84. The van der Waals surface area contributed by atoms with Gasteiger partial charge in [0.05, 0.1) is 10.6 Å². The molecule has 0 saturated carbocycles. The van der Waals surface area contributed by atoms with Crippen LogP contribution >= 0.6 is 27.5 Å². The van der Waals surface area contributed by atoms with Gasteiger partial charge in [0.1, 0.15) is 5.75 Å². The Bertz CT molecular complexity index is 811. The summed E-state index contributed by atoms with van der Waals surface area (Å²) in [5.41, 5.74) is 0.632. The van der Waals surface area contributed by atoms with Gasteiger partial charge in [0.15, 0.2) is 0 Å². The smallest absolute Gasteiger partial charge is 0.358 e. The number of anilines is 1. The molecule has 2 aromatic rings. The van der Waals surface area contributed by atoms with Crippen LogP contribution in [-0.2, 0) is 10.5 Å². The lowest BCUT2D eigenvalue weighted by atomic mass is 10.2. The van der Waals surface area contributed by atoms with Gasteiger partial charge >= 0.3 is 10.5 Å². The average Bonchev–Trinajstić information content (AvgIpc) is 2.42. The molecular weight excluding hydrogens is 401 g/mol. The van der Waals surface area contributed by atoms with E-state index in [1.807, 2.05) is 0 Å². The van der Waals surface area contributed by atoms with E-state index in [1.54, 1.807) is 18.2 Å². The van der Waals surface area contributed by atoms with Gasteiger partial charge in [-0.3, -0.25) is 4.79 Å². The molecule has 0 radical (unpaired) electrons. The lowest BCUT2D eigenvalue weighted by Gasteiger charge is -2.08. The van der Waals surface area contributed by atoms with E-state index >= 15 is 0 Å². The van der Waals surface area contributed by atoms with Gasteiger partial charge in [-0.15, -0.1) is 0 Å². The van der Waals surface area contributed by atoms with Gasteiger partial charge in [-0.1, -0.05) is 21.6 Å². The third-order valence-corrected chi connectivity index (χ3v) is 4.19. The minimum absolute atomic E-state index is 0.207. The van der Waals surface area contributed by atoms with Gasteiger partial charge in [0, 0.05) is 10.2 Å². The predicted molar refractivity (Wildman–Crippen MR) is 84.2 cm³/mol. The van der Waals surface area contributed by atoms with Crippen LogP contribution in [0.5, 0.6) is 5.75 Å². The first-order valence-electron chi connectivity index (χ1n) is 5.76.